The minimum Gasteiger partial charge on any atom is -0.497 e. The number of hydrogen-bond donors (Lipinski definition) is 1. The molecule has 1 saturated heterocycles. The lowest BCUT2D eigenvalue weighted by Crippen LogP contribution is -2.48. The van der Waals surface area contributed by atoms with Crippen molar-refractivity contribution in [3.8, 4) is 11.5 Å². The van der Waals surface area contributed by atoms with Gasteiger partial charge < -0.3 is 19.7 Å². The number of carbonyl (C=O) groups excluding carboxylic acids is 1. The van der Waals surface area contributed by atoms with Gasteiger partial charge in [0.25, 0.3) is 5.91 Å². The summed E-state index contributed by atoms with van der Waals surface area (Å²) in [4.78, 5) is 14.0. The summed E-state index contributed by atoms with van der Waals surface area (Å²) < 4.78 is 10.6. The monoisotopic (exact) mass is 314 g/mol. The third kappa shape index (κ3) is 5.10. The Kier molecular flexibility index (Phi) is 7.32. The van der Waals surface area contributed by atoms with Crippen molar-refractivity contribution in [1.82, 2.24) is 10.2 Å². The average molecular weight is 315 g/mol. The third-order valence-corrected chi connectivity index (χ3v) is 3.60. The molecular formula is C15H23ClN2O3. The number of likely N-dealkylation sites (tertiary alicyclic amines) is 1. The molecule has 1 N–H and O–H groups in total. The first kappa shape index (κ1) is 17.6. The van der Waals surface area contributed by atoms with Crippen molar-refractivity contribution in [3.63, 3.8) is 0 Å². The highest BCUT2D eigenvalue weighted by Gasteiger charge is 2.22. The minimum atomic E-state index is 0. The van der Waals surface area contributed by atoms with Crippen LogP contribution in [0.3, 0.4) is 0 Å². The van der Waals surface area contributed by atoms with E-state index in [4.69, 9.17) is 9.47 Å². The second-order valence-electron chi connectivity index (χ2n) is 4.93. The standard InChI is InChI=1S/C15H22N2O3.ClH/c1-16-12-4-3-9-17(10-12)15(18)11-20-14-7-5-13(19-2)6-8-14;/h5-8,12,16H,3-4,9-11H2,1-2H3;1H. The predicted octanol–water partition coefficient (Wildman–Crippen LogP) is 1.71. The van der Waals surface area contributed by atoms with E-state index in [0.717, 1.165) is 31.7 Å². The Hall–Kier alpha value is -1.46. The summed E-state index contributed by atoms with van der Waals surface area (Å²) in [5.74, 6) is 1.50. The lowest BCUT2D eigenvalue weighted by molar-refractivity contribution is -0.134. The second-order valence-corrected chi connectivity index (χ2v) is 4.93. The Morgan fingerprint density at radius 2 is 2.00 bits per heavy atom. The first-order valence-electron chi connectivity index (χ1n) is 6.95. The van der Waals surface area contributed by atoms with E-state index in [2.05, 4.69) is 5.32 Å². The van der Waals surface area contributed by atoms with Crippen molar-refractivity contribution in [1.29, 1.82) is 0 Å². The van der Waals surface area contributed by atoms with Crippen LogP contribution in [0.5, 0.6) is 11.5 Å². The quantitative estimate of drug-likeness (QED) is 0.899. The number of methoxy groups -OCH3 is 1. The van der Waals surface area contributed by atoms with Gasteiger partial charge in [0.1, 0.15) is 11.5 Å². The molecular weight excluding hydrogens is 292 g/mol. The molecule has 0 saturated carbocycles. The summed E-state index contributed by atoms with van der Waals surface area (Å²) in [7, 11) is 3.56. The fourth-order valence-corrected chi connectivity index (χ4v) is 2.35. The molecule has 1 atom stereocenters. The topological polar surface area (TPSA) is 50.8 Å². The molecule has 0 radical (unpaired) electrons. The number of benzene rings is 1. The number of nitrogens with zero attached hydrogens (tertiary/aromatic N) is 1. The van der Waals surface area contributed by atoms with Crippen molar-refractivity contribution in [2.45, 2.75) is 18.9 Å². The van der Waals surface area contributed by atoms with Gasteiger partial charge in [0, 0.05) is 19.1 Å². The molecule has 0 bridgehead atoms. The van der Waals surface area contributed by atoms with Crippen LogP contribution in [0, 0.1) is 0 Å². The van der Waals surface area contributed by atoms with Crippen LogP contribution in [-0.4, -0.2) is 50.7 Å². The molecule has 5 nitrogen and oxygen atoms in total. The van der Waals surface area contributed by atoms with Crippen molar-refractivity contribution in [2.75, 3.05) is 33.9 Å². The molecule has 1 heterocycles. The molecule has 1 aromatic carbocycles. The maximum absolute atomic E-state index is 12.1. The van der Waals surface area contributed by atoms with Crippen LogP contribution in [0.4, 0.5) is 0 Å². The lowest BCUT2D eigenvalue weighted by atomic mass is 10.1. The Morgan fingerprint density at radius 3 is 2.62 bits per heavy atom. The molecule has 1 aliphatic rings. The predicted molar refractivity (Wildman–Crippen MR) is 84.4 cm³/mol. The van der Waals surface area contributed by atoms with Crippen LogP contribution < -0.4 is 14.8 Å². The van der Waals surface area contributed by atoms with E-state index in [1.165, 1.54) is 0 Å². The third-order valence-electron chi connectivity index (χ3n) is 3.60. The minimum absolute atomic E-state index is 0. The Labute approximate surface area is 132 Å². The van der Waals surface area contributed by atoms with Crippen molar-refractivity contribution < 1.29 is 14.3 Å². The van der Waals surface area contributed by atoms with Crippen LogP contribution in [-0.2, 0) is 4.79 Å². The summed E-state index contributed by atoms with van der Waals surface area (Å²) >= 11 is 0. The normalized spacial score (nSPS) is 17.8. The van der Waals surface area contributed by atoms with E-state index in [1.54, 1.807) is 19.2 Å². The number of nitrogens with one attached hydrogen (secondary N) is 1. The molecule has 1 aliphatic heterocycles. The van der Waals surface area contributed by atoms with Gasteiger partial charge in [0.2, 0.25) is 0 Å². The van der Waals surface area contributed by atoms with E-state index in [0.29, 0.717) is 11.8 Å². The molecule has 2 rings (SSSR count). The first-order valence-corrected chi connectivity index (χ1v) is 6.95. The van der Waals surface area contributed by atoms with Crippen LogP contribution in [0.2, 0.25) is 0 Å². The summed E-state index contributed by atoms with van der Waals surface area (Å²) in [6.07, 6.45) is 2.17. The zero-order valence-corrected chi connectivity index (χ0v) is 13.3. The number of ether oxygens (including phenoxy) is 2. The largest absolute Gasteiger partial charge is 0.497 e. The van der Waals surface area contributed by atoms with Crippen molar-refractivity contribution in [2.24, 2.45) is 0 Å². The molecule has 0 aromatic heterocycles. The second kappa shape index (κ2) is 8.74. The lowest BCUT2D eigenvalue weighted by Gasteiger charge is -2.32. The highest BCUT2D eigenvalue weighted by atomic mass is 35.5. The number of carbonyl (C=O) groups is 1. The molecule has 1 amide bonds. The maximum Gasteiger partial charge on any atom is 0.260 e. The Morgan fingerprint density at radius 1 is 1.33 bits per heavy atom. The number of likely N-dealkylation sites (N-methyl/N-ethyl adjacent to an activating group) is 1. The van der Waals surface area contributed by atoms with Gasteiger partial charge in [-0.3, -0.25) is 4.79 Å². The van der Waals surface area contributed by atoms with Crippen LogP contribution >= 0.6 is 12.4 Å². The molecule has 1 aromatic rings. The Balaban J connectivity index is 0.00000220. The van der Waals surface area contributed by atoms with E-state index in [9.17, 15) is 4.79 Å². The number of halogens is 1. The number of piperidine rings is 1. The van der Waals surface area contributed by atoms with Crippen LogP contribution in [0.15, 0.2) is 24.3 Å². The van der Waals surface area contributed by atoms with Gasteiger partial charge in [-0.25, -0.2) is 0 Å². The summed E-state index contributed by atoms with van der Waals surface area (Å²) in [5, 5.41) is 3.23. The van der Waals surface area contributed by atoms with Crippen LogP contribution in [0.25, 0.3) is 0 Å². The van der Waals surface area contributed by atoms with E-state index < -0.39 is 0 Å². The van der Waals surface area contributed by atoms with Gasteiger partial charge in [0.15, 0.2) is 6.61 Å². The van der Waals surface area contributed by atoms with E-state index >= 15 is 0 Å². The summed E-state index contributed by atoms with van der Waals surface area (Å²) in [5.41, 5.74) is 0. The van der Waals surface area contributed by atoms with Crippen molar-refractivity contribution in [3.05, 3.63) is 24.3 Å². The van der Waals surface area contributed by atoms with Gasteiger partial charge >= 0.3 is 0 Å². The fourth-order valence-electron chi connectivity index (χ4n) is 2.35. The van der Waals surface area contributed by atoms with Crippen molar-refractivity contribution >= 4 is 18.3 Å². The zero-order chi connectivity index (χ0) is 14.4. The van der Waals surface area contributed by atoms with Gasteiger partial charge in [-0.1, -0.05) is 0 Å². The van der Waals surface area contributed by atoms with Gasteiger partial charge in [-0.05, 0) is 44.2 Å². The molecule has 0 spiro atoms. The summed E-state index contributed by atoms with van der Waals surface area (Å²) in [6, 6.07) is 7.64. The highest BCUT2D eigenvalue weighted by Crippen LogP contribution is 2.17. The van der Waals surface area contributed by atoms with Gasteiger partial charge in [-0.2, -0.15) is 0 Å². The van der Waals surface area contributed by atoms with Gasteiger partial charge in [-0.15, -0.1) is 12.4 Å². The van der Waals surface area contributed by atoms with Gasteiger partial charge in [0.05, 0.1) is 7.11 Å². The molecule has 118 valence electrons. The molecule has 1 unspecified atom stereocenters. The first-order chi connectivity index (χ1) is 9.72. The smallest absolute Gasteiger partial charge is 0.260 e. The number of amides is 1. The molecule has 1 fully saturated rings. The molecule has 6 heteroatoms. The highest BCUT2D eigenvalue weighted by molar-refractivity contribution is 5.85. The van der Waals surface area contributed by atoms with E-state index in [1.807, 2.05) is 24.1 Å². The van der Waals surface area contributed by atoms with E-state index in [-0.39, 0.29) is 24.9 Å². The number of rotatable bonds is 5. The fraction of sp³-hybridized carbons (Fsp3) is 0.533. The van der Waals surface area contributed by atoms with Crippen LogP contribution in [0.1, 0.15) is 12.8 Å². The number of hydrogen-bond acceptors (Lipinski definition) is 4. The molecule has 0 aliphatic carbocycles. The maximum atomic E-state index is 12.1. The zero-order valence-electron chi connectivity index (χ0n) is 12.5. The SMILES string of the molecule is CNC1CCCN(C(=O)COc2ccc(OC)cc2)C1.Cl. The summed E-state index contributed by atoms with van der Waals surface area (Å²) in [6.45, 7) is 1.67. The molecule has 21 heavy (non-hydrogen) atoms. The average Bonchev–Trinajstić information content (AvgIpc) is 2.53. The Bertz CT molecular complexity index is 439.